The van der Waals surface area contributed by atoms with Gasteiger partial charge in [0, 0.05) is 11.4 Å². The van der Waals surface area contributed by atoms with Crippen molar-refractivity contribution in [3.63, 3.8) is 0 Å². The molecule has 7 heteroatoms. The van der Waals surface area contributed by atoms with Crippen molar-refractivity contribution in [2.45, 2.75) is 18.0 Å². The topological polar surface area (TPSA) is 66.4 Å². The summed E-state index contributed by atoms with van der Waals surface area (Å²) < 4.78 is 27.3. The van der Waals surface area contributed by atoms with E-state index in [0.717, 1.165) is 5.56 Å². The van der Waals surface area contributed by atoms with Crippen LogP contribution in [0.3, 0.4) is 0 Å². The Morgan fingerprint density at radius 2 is 1.95 bits per heavy atom. The van der Waals surface area contributed by atoms with Crippen LogP contribution < -0.4 is 4.72 Å². The molecule has 0 fully saturated rings. The molecule has 1 heterocycles. The molecule has 0 saturated carbocycles. The van der Waals surface area contributed by atoms with Crippen molar-refractivity contribution in [1.82, 2.24) is 4.72 Å². The van der Waals surface area contributed by atoms with Crippen LogP contribution in [0.5, 0.6) is 0 Å². The van der Waals surface area contributed by atoms with E-state index in [9.17, 15) is 8.42 Å². The van der Waals surface area contributed by atoms with Gasteiger partial charge in [0.25, 0.3) is 0 Å². The number of rotatable bonds is 5. The third-order valence-electron chi connectivity index (χ3n) is 2.46. The van der Waals surface area contributed by atoms with Crippen molar-refractivity contribution in [1.29, 1.82) is 0 Å². The molecular formula is C12H12BrNO3S2. The molecule has 2 aromatic rings. The molecule has 19 heavy (non-hydrogen) atoms. The molecular weight excluding hydrogens is 350 g/mol. The summed E-state index contributed by atoms with van der Waals surface area (Å²) >= 11 is 4.42. The zero-order valence-corrected chi connectivity index (χ0v) is 13.1. The maximum Gasteiger partial charge on any atom is 0.242 e. The van der Waals surface area contributed by atoms with Crippen molar-refractivity contribution in [2.24, 2.45) is 0 Å². The van der Waals surface area contributed by atoms with Crippen molar-refractivity contribution < 1.29 is 13.5 Å². The second-order valence-electron chi connectivity index (χ2n) is 3.82. The molecule has 0 saturated heterocycles. The highest BCUT2D eigenvalue weighted by Crippen LogP contribution is 2.31. The first-order valence-corrected chi connectivity index (χ1v) is 8.55. The predicted octanol–water partition coefficient (Wildman–Crippen LogP) is 2.48. The molecule has 102 valence electrons. The smallest absolute Gasteiger partial charge is 0.242 e. The minimum absolute atomic E-state index is 0.164. The molecule has 2 N–H and O–H groups in total. The average Bonchev–Trinajstić information content (AvgIpc) is 2.80. The van der Waals surface area contributed by atoms with Crippen molar-refractivity contribution in [3.8, 4) is 0 Å². The summed E-state index contributed by atoms with van der Waals surface area (Å²) in [6.07, 6.45) is 0. The predicted molar refractivity (Wildman–Crippen MR) is 78.4 cm³/mol. The largest absolute Gasteiger partial charge is 0.391 e. The van der Waals surface area contributed by atoms with E-state index in [1.54, 1.807) is 0 Å². The lowest BCUT2D eigenvalue weighted by Crippen LogP contribution is -2.23. The Balaban J connectivity index is 2.16. The van der Waals surface area contributed by atoms with Gasteiger partial charge in [-0.2, -0.15) is 0 Å². The molecule has 2 rings (SSSR count). The monoisotopic (exact) mass is 361 g/mol. The summed E-state index contributed by atoms with van der Waals surface area (Å²) in [5.41, 5.74) is 0.889. The molecule has 0 bridgehead atoms. The molecule has 4 nitrogen and oxygen atoms in total. The van der Waals surface area contributed by atoms with Crippen LogP contribution >= 0.6 is 27.3 Å². The Morgan fingerprint density at radius 1 is 1.26 bits per heavy atom. The fraction of sp³-hybridized carbons (Fsp3) is 0.167. The van der Waals surface area contributed by atoms with Gasteiger partial charge in [-0.15, -0.1) is 11.3 Å². The van der Waals surface area contributed by atoms with Crippen LogP contribution in [0.2, 0.25) is 0 Å². The van der Waals surface area contributed by atoms with E-state index in [1.165, 1.54) is 17.4 Å². The maximum atomic E-state index is 12.1. The van der Waals surface area contributed by atoms with Gasteiger partial charge in [-0.25, -0.2) is 13.1 Å². The Labute approximate surface area is 124 Å². The third-order valence-corrected chi connectivity index (χ3v) is 6.10. The van der Waals surface area contributed by atoms with E-state index >= 15 is 0 Å². The van der Waals surface area contributed by atoms with Crippen LogP contribution in [0, 0.1) is 0 Å². The highest BCUT2D eigenvalue weighted by molar-refractivity contribution is 9.11. The summed E-state index contributed by atoms with van der Waals surface area (Å²) in [4.78, 5) is 0.768. The number of aliphatic hydroxyl groups excluding tert-OH is 1. The van der Waals surface area contributed by atoms with Crippen LogP contribution in [-0.2, 0) is 23.2 Å². The van der Waals surface area contributed by atoms with Gasteiger partial charge in [0.1, 0.15) is 4.90 Å². The molecule has 0 aliphatic carbocycles. The first-order valence-electron chi connectivity index (χ1n) is 5.45. The normalized spacial score (nSPS) is 11.7. The fourth-order valence-corrected chi connectivity index (χ4v) is 5.07. The molecule has 0 amide bonds. The minimum atomic E-state index is -3.58. The lowest BCUT2D eigenvalue weighted by molar-refractivity contribution is 0.285. The number of thiophene rings is 1. The molecule has 0 radical (unpaired) electrons. The lowest BCUT2D eigenvalue weighted by Gasteiger charge is -2.05. The Hall–Kier alpha value is -0.730. The third kappa shape index (κ3) is 3.64. The Kier molecular flexibility index (Phi) is 4.75. The van der Waals surface area contributed by atoms with Gasteiger partial charge in [-0.05, 0) is 27.6 Å². The number of halogens is 1. The molecule has 0 aliphatic rings. The summed E-state index contributed by atoms with van der Waals surface area (Å²) in [7, 11) is -3.58. The molecule has 1 aromatic heterocycles. The van der Waals surface area contributed by atoms with E-state index in [-0.39, 0.29) is 18.0 Å². The van der Waals surface area contributed by atoms with Gasteiger partial charge in [0.15, 0.2) is 0 Å². The molecule has 0 aliphatic heterocycles. The van der Waals surface area contributed by atoms with Crippen LogP contribution in [0.15, 0.2) is 45.1 Å². The number of benzene rings is 1. The van der Waals surface area contributed by atoms with Gasteiger partial charge < -0.3 is 5.11 Å². The summed E-state index contributed by atoms with van der Waals surface area (Å²) in [5.74, 6) is 0. The van der Waals surface area contributed by atoms with Crippen LogP contribution in [0.4, 0.5) is 0 Å². The summed E-state index contributed by atoms with van der Waals surface area (Å²) in [6.45, 7) is 0.0669. The second kappa shape index (κ2) is 6.15. The molecule has 0 atom stereocenters. The highest BCUT2D eigenvalue weighted by Gasteiger charge is 2.20. The minimum Gasteiger partial charge on any atom is -0.391 e. The SMILES string of the molecule is O=S(=O)(NCc1ccccc1)c1cc(CO)sc1Br. The first kappa shape index (κ1) is 14.7. The van der Waals surface area contributed by atoms with Crippen molar-refractivity contribution >= 4 is 37.3 Å². The second-order valence-corrected chi connectivity index (χ2v) is 8.01. The number of hydrogen-bond acceptors (Lipinski definition) is 4. The number of sulfonamides is 1. The number of nitrogens with one attached hydrogen (secondary N) is 1. The molecule has 0 unspecified atom stereocenters. The van der Waals surface area contributed by atoms with Gasteiger partial charge in [0.05, 0.1) is 10.4 Å². The van der Waals surface area contributed by atoms with Gasteiger partial charge >= 0.3 is 0 Å². The Bertz CT molecular complexity index is 653. The van der Waals surface area contributed by atoms with Crippen LogP contribution in [0.25, 0.3) is 0 Å². The maximum absolute atomic E-state index is 12.1. The zero-order valence-electron chi connectivity index (χ0n) is 9.84. The quantitative estimate of drug-likeness (QED) is 0.859. The van der Waals surface area contributed by atoms with Crippen molar-refractivity contribution in [2.75, 3.05) is 0 Å². The summed E-state index contributed by atoms with van der Waals surface area (Å²) in [6, 6.07) is 10.8. The lowest BCUT2D eigenvalue weighted by atomic mass is 10.2. The van der Waals surface area contributed by atoms with Gasteiger partial charge in [-0.3, -0.25) is 0 Å². The number of aliphatic hydroxyl groups is 1. The molecule has 0 spiro atoms. The van der Waals surface area contributed by atoms with E-state index < -0.39 is 10.0 Å². The fourth-order valence-electron chi connectivity index (χ4n) is 1.51. The van der Waals surface area contributed by atoms with E-state index in [1.807, 2.05) is 30.3 Å². The molecule has 1 aromatic carbocycles. The van der Waals surface area contributed by atoms with E-state index in [0.29, 0.717) is 8.66 Å². The van der Waals surface area contributed by atoms with Crippen LogP contribution in [-0.4, -0.2) is 13.5 Å². The average molecular weight is 362 g/mol. The standard InChI is InChI=1S/C12H12BrNO3S2/c13-12-11(6-10(8-15)18-12)19(16,17)14-7-9-4-2-1-3-5-9/h1-6,14-15H,7-8H2. The van der Waals surface area contributed by atoms with Gasteiger partial charge in [0.2, 0.25) is 10.0 Å². The van der Waals surface area contributed by atoms with Gasteiger partial charge in [-0.1, -0.05) is 30.3 Å². The van der Waals surface area contributed by atoms with E-state index in [2.05, 4.69) is 20.7 Å². The van der Waals surface area contributed by atoms with E-state index in [4.69, 9.17) is 5.11 Å². The first-order chi connectivity index (χ1) is 9.03. The number of hydrogen-bond donors (Lipinski definition) is 2. The highest BCUT2D eigenvalue weighted by atomic mass is 79.9. The zero-order chi connectivity index (χ0) is 13.9. The Morgan fingerprint density at radius 3 is 2.53 bits per heavy atom. The van der Waals surface area contributed by atoms with Crippen molar-refractivity contribution in [3.05, 3.63) is 50.6 Å². The van der Waals surface area contributed by atoms with Crippen LogP contribution in [0.1, 0.15) is 10.4 Å². The summed E-state index contributed by atoms with van der Waals surface area (Å²) in [5, 5.41) is 9.02.